The largest absolute Gasteiger partial charge is 0.324 e. The van der Waals surface area contributed by atoms with Crippen molar-refractivity contribution in [2.45, 2.75) is 19.4 Å². The van der Waals surface area contributed by atoms with Crippen molar-refractivity contribution in [3.8, 4) is 0 Å². The van der Waals surface area contributed by atoms with Crippen LogP contribution in [-0.2, 0) is 13.0 Å². The number of amides is 2. The van der Waals surface area contributed by atoms with Crippen molar-refractivity contribution in [3.63, 3.8) is 0 Å². The average molecular weight is 361 g/mol. The van der Waals surface area contributed by atoms with Gasteiger partial charge in [0.1, 0.15) is 12.2 Å². The van der Waals surface area contributed by atoms with Crippen molar-refractivity contribution in [1.29, 1.82) is 0 Å². The van der Waals surface area contributed by atoms with E-state index in [0.717, 1.165) is 44.0 Å². The van der Waals surface area contributed by atoms with Crippen LogP contribution in [0.2, 0.25) is 0 Å². The highest BCUT2D eigenvalue weighted by atomic mass is 16.2. The number of benzene rings is 2. The van der Waals surface area contributed by atoms with Gasteiger partial charge < -0.3 is 14.8 Å². The molecule has 1 N–H and O–H groups in total. The normalized spacial score (nSPS) is 16.4. The van der Waals surface area contributed by atoms with Gasteiger partial charge in [-0.15, -0.1) is 10.2 Å². The molecule has 1 aliphatic heterocycles. The van der Waals surface area contributed by atoms with Crippen LogP contribution in [0.25, 0.3) is 0 Å². The minimum atomic E-state index is -0.0329. The Labute approximate surface area is 158 Å². The number of carbonyl (C=O) groups excluding carboxylic acids is 1. The molecule has 0 radical (unpaired) electrons. The molecule has 0 aliphatic carbocycles. The molecule has 0 spiro atoms. The fourth-order valence-electron chi connectivity index (χ4n) is 3.52. The number of rotatable bonds is 5. The summed E-state index contributed by atoms with van der Waals surface area (Å²) >= 11 is 0. The Kier molecular flexibility index (Phi) is 5.14. The van der Waals surface area contributed by atoms with Gasteiger partial charge in [-0.1, -0.05) is 48.5 Å². The number of nitrogens with one attached hydrogen (secondary N) is 1. The van der Waals surface area contributed by atoms with E-state index in [1.807, 2.05) is 53.4 Å². The van der Waals surface area contributed by atoms with E-state index in [1.54, 1.807) is 6.33 Å². The highest BCUT2D eigenvalue weighted by Crippen LogP contribution is 2.21. The molecule has 27 heavy (non-hydrogen) atoms. The predicted molar refractivity (Wildman–Crippen MR) is 104 cm³/mol. The Morgan fingerprint density at radius 1 is 1.07 bits per heavy atom. The van der Waals surface area contributed by atoms with Crippen molar-refractivity contribution in [1.82, 2.24) is 19.7 Å². The van der Waals surface area contributed by atoms with Crippen molar-refractivity contribution in [2.75, 3.05) is 18.4 Å². The number of hydrogen-bond acceptors (Lipinski definition) is 3. The van der Waals surface area contributed by atoms with Gasteiger partial charge in [0.25, 0.3) is 0 Å². The third-order valence-electron chi connectivity index (χ3n) is 4.96. The fraction of sp³-hybridized carbons (Fsp3) is 0.286. The van der Waals surface area contributed by atoms with Crippen molar-refractivity contribution in [2.24, 2.45) is 5.92 Å². The lowest BCUT2D eigenvalue weighted by Gasteiger charge is -2.17. The van der Waals surface area contributed by atoms with E-state index < -0.39 is 0 Å². The molecular formula is C21H23N5O. The van der Waals surface area contributed by atoms with Gasteiger partial charge in [-0.2, -0.15) is 0 Å². The smallest absolute Gasteiger partial charge is 0.321 e. The number of urea groups is 1. The SMILES string of the molecule is O=C(Nc1ccccc1)N1CCC(Cc2nncn2Cc2ccccc2)C1. The minimum Gasteiger partial charge on any atom is -0.324 e. The third kappa shape index (κ3) is 4.34. The molecule has 6 nitrogen and oxygen atoms in total. The summed E-state index contributed by atoms with van der Waals surface area (Å²) in [6.07, 6.45) is 3.61. The second kappa shape index (κ2) is 8.03. The molecule has 0 saturated carbocycles. The molecule has 4 rings (SSSR count). The zero-order chi connectivity index (χ0) is 18.5. The van der Waals surface area contributed by atoms with Gasteiger partial charge in [0, 0.05) is 25.2 Å². The average Bonchev–Trinajstić information content (AvgIpc) is 3.34. The first-order valence-corrected chi connectivity index (χ1v) is 9.29. The maximum Gasteiger partial charge on any atom is 0.321 e. The molecule has 2 aromatic carbocycles. The van der Waals surface area contributed by atoms with Gasteiger partial charge in [0.15, 0.2) is 0 Å². The molecule has 1 fully saturated rings. The Morgan fingerprint density at radius 2 is 1.81 bits per heavy atom. The molecule has 138 valence electrons. The quantitative estimate of drug-likeness (QED) is 0.757. The molecule has 6 heteroatoms. The summed E-state index contributed by atoms with van der Waals surface area (Å²) in [5.41, 5.74) is 2.06. The van der Waals surface area contributed by atoms with Crippen LogP contribution < -0.4 is 5.32 Å². The standard InChI is InChI=1S/C21H23N5O/c27-21(23-19-9-5-2-6-10-19)25-12-11-18(15-25)13-20-24-22-16-26(20)14-17-7-3-1-4-8-17/h1-10,16,18H,11-15H2,(H,23,27). The molecule has 1 saturated heterocycles. The Bertz CT molecular complexity index is 878. The van der Waals surface area contributed by atoms with Crippen LogP contribution in [0, 0.1) is 5.92 Å². The van der Waals surface area contributed by atoms with Gasteiger partial charge in [-0.05, 0) is 30.0 Å². The molecule has 2 amide bonds. The van der Waals surface area contributed by atoms with E-state index in [2.05, 4.69) is 32.2 Å². The highest BCUT2D eigenvalue weighted by Gasteiger charge is 2.27. The number of anilines is 1. The molecule has 1 aromatic heterocycles. The second-order valence-corrected chi connectivity index (χ2v) is 6.96. The first kappa shape index (κ1) is 17.3. The van der Waals surface area contributed by atoms with Crippen molar-refractivity contribution >= 4 is 11.7 Å². The first-order chi connectivity index (χ1) is 13.3. The molecule has 1 aliphatic rings. The van der Waals surface area contributed by atoms with Crippen LogP contribution in [-0.4, -0.2) is 38.8 Å². The fourth-order valence-corrected chi connectivity index (χ4v) is 3.52. The lowest BCUT2D eigenvalue weighted by atomic mass is 10.0. The molecule has 1 unspecified atom stereocenters. The second-order valence-electron chi connectivity index (χ2n) is 6.96. The number of nitrogens with zero attached hydrogens (tertiary/aromatic N) is 4. The summed E-state index contributed by atoms with van der Waals surface area (Å²) in [6.45, 7) is 2.29. The molecular weight excluding hydrogens is 338 g/mol. The zero-order valence-electron chi connectivity index (χ0n) is 15.2. The van der Waals surface area contributed by atoms with E-state index in [4.69, 9.17) is 0 Å². The van der Waals surface area contributed by atoms with E-state index >= 15 is 0 Å². The van der Waals surface area contributed by atoms with Gasteiger partial charge in [-0.25, -0.2) is 4.79 Å². The van der Waals surface area contributed by atoms with Crippen LogP contribution in [0.5, 0.6) is 0 Å². The van der Waals surface area contributed by atoms with E-state index in [9.17, 15) is 4.79 Å². The molecule has 0 bridgehead atoms. The van der Waals surface area contributed by atoms with Gasteiger partial charge in [0.05, 0.1) is 6.54 Å². The number of hydrogen-bond donors (Lipinski definition) is 1. The zero-order valence-corrected chi connectivity index (χ0v) is 15.2. The lowest BCUT2D eigenvalue weighted by molar-refractivity contribution is 0.220. The topological polar surface area (TPSA) is 63.1 Å². The summed E-state index contributed by atoms with van der Waals surface area (Å²) in [5, 5.41) is 11.4. The van der Waals surface area contributed by atoms with Crippen molar-refractivity contribution in [3.05, 3.63) is 78.4 Å². The summed E-state index contributed by atoms with van der Waals surface area (Å²) in [4.78, 5) is 14.3. The molecule has 2 heterocycles. The summed E-state index contributed by atoms with van der Waals surface area (Å²) < 4.78 is 2.10. The van der Waals surface area contributed by atoms with E-state index in [0.29, 0.717) is 5.92 Å². The minimum absolute atomic E-state index is 0.0329. The Balaban J connectivity index is 1.34. The third-order valence-corrected chi connectivity index (χ3v) is 4.96. The highest BCUT2D eigenvalue weighted by molar-refractivity contribution is 5.89. The van der Waals surface area contributed by atoms with E-state index in [1.165, 1.54) is 5.56 Å². The summed E-state index contributed by atoms with van der Waals surface area (Å²) in [5.74, 6) is 1.39. The summed E-state index contributed by atoms with van der Waals surface area (Å²) in [6, 6.07) is 19.9. The number of aromatic nitrogens is 3. The van der Waals surface area contributed by atoms with Gasteiger partial charge in [0.2, 0.25) is 0 Å². The Hall–Kier alpha value is -3.15. The van der Waals surface area contributed by atoms with Crippen molar-refractivity contribution < 1.29 is 4.79 Å². The molecule has 1 atom stereocenters. The maximum absolute atomic E-state index is 12.5. The lowest BCUT2D eigenvalue weighted by Crippen LogP contribution is -2.33. The van der Waals surface area contributed by atoms with Crippen LogP contribution in [0.4, 0.5) is 10.5 Å². The number of likely N-dealkylation sites (tertiary alicyclic amines) is 1. The van der Waals surface area contributed by atoms with Crippen LogP contribution in [0.1, 0.15) is 17.8 Å². The predicted octanol–water partition coefficient (Wildman–Crippen LogP) is 3.42. The number of para-hydroxylation sites is 1. The maximum atomic E-state index is 12.5. The molecule has 3 aromatic rings. The summed E-state index contributed by atoms with van der Waals surface area (Å²) in [7, 11) is 0. The van der Waals surface area contributed by atoms with Crippen LogP contribution in [0.15, 0.2) is 67.0 Å². The van der Waals surface area contributed by atoms with Crippen LogP contribution in [0.3, 0.4) is 0 Å². The monoisotopic (exact) mass is 361 g/mol. The van der Waals surface area contributed by atoms with Gasteiger partial charge >= 0.3 is 6.03 Å². The first-order valence-electron chi connectivity index (χ1n) is 9.29. The van der Waals surface area contributed by atoms with E-state index in [-0.39, 0.29) is 6.03 Å². The van der Waals surface area contributed by atoms with Crippen LogP contribution >= 0.6 is 0 Å². The Morgan fingerprint density at radius 3 is 2.59 bits per heavy atom. The number of carbonyl (C=O) groups is 1. The van der Waals surface area contributed by atoms with Gasteiger partial charge in [-0.3, -0.25) is 0 Å².